The van der Waals surface area contributed by atoms with Crippen LogP contribution in [0.3, 0.4) is 0 Å². The van der Waals surface area contributed by atoms with Crippen molar-refractivity contribution in [3.05, 3.63) is 143 Å². The molecule has 7 rings (SSSR count). The Morgan fingerprint density at radius 3 is 2.47 bits per heavy atom. The molecule has 6 aromatic rings. The third-order valence-electron chi connectivity index (χ3n) is 10.4. The fourth-order valence-corrected chi connectivity index (χ4v) is 8.81. The van der Waals surface area contributed by atoms with Crippen molar-refractivity contribution in [1.29, 1.82) is 0 Å². The number of nitrogens with zero attached hydrogens (tertiary/aromatic N) is 6. The molecule has 4 radical (unpaired) electrons. The van der Waals surface area contributed by atoms with Gasteiger partial charge in [-0.05, 0) is 57.2 Å². The number of aromatic nitrogens is 4. The van der Waals surface area contributed by atoms with Gasteiger partial charge >= 0.3 is 133 Å². The van der Waals surface area contributed by atoms with E-state index in [0.717, 1.165) is 87.1 Å². The maximum Gasteiger partial charge on any atom is 0.290 e. The van der Waals surface area contributed by atoms with Gasteiger partial charge in [-0.1, -0.05) is 54.1 Å². The minimum atomic E-state index is -0.805. The summed E-state index contributed by atoms with van der Waals surface area (Å²) < 4.78 is 38.8. The second-order valence-electron chi connectivity index (χ2n) is 15.0. The quantitative estimate of drug-likeness (QED) is 0.0204. The molecule has 14 nitrogen and oxygen atoms in total. The molecule has 1 aliphatic rings. The van der Waals surface area contributed by atoms with E-state index in [4.69, 9.17) is 58.7 Å². The number of allylic oxidation sites excluding steroid dienone is 5. The van der Waals surface area contributed by atoms with Crippen LogP contribution >= 0.6 is 22.9 Å². The van der Waals surface area contributed by atoms with E-state index >= 15 is 0 Å². The molecule has 0 saturated carbocycles. The first-order valence-corrected chi connectivity index (χ1v) is 26.0. The molecule has 0 bridgehead atoms. The maximum atomic E-state index is 14.2. The first-order valence-electron chi connectivity index (χ1n) is 21.2. The molecule has 3 N–H and O–H groups in total. The van der Waals surface area contributed by atoms with Crippen molar-refractivity contribution >= 4 is 91.7 Å². The molecule has 1 fully saturated rings. The number of carbonyl (C=O) groups is 1. The van der Waals surface area contributed by atoms with Gasteiger partial charge in [0.15, 0.2) is 0 Å². The average Bonchev–Trinajstić information content (AvgIpc) is 3.72. The summed E-state index contributed by atoms with van der Waals surface area (Å²) in [5.74, 6) is 2.61. The largest absolute Gasteiger partial charge is 0.483 e. The number of carboxylic acid groups (broad SMARTS) is 1. The van der Waals surface area contributed by atoms with E-state index in [2.05, 4.69) is 21.8 Å². The second-order valence-corrected chi connectivity index (χ2v) is 18.0. The Morgan fingerprint density at radius 1 is 1.00 bits per heavy atom. The number of para-hydroxylation sites is 1. The molecule has 3 aromatic heterocycles. The first kappa shape index (κ1) is 56.0. The van der Waals surface area contributed by atoms with Gasteiger partial charge in [-0.3, -0.25) is 9.69 Å². The van der Waals surface area contributed by atoms with E-state index in [9.17, 15) is 4.39 Å². The van der Waals surface area contributed by atoms with Gasteiger partial charge in [0.05, 0.1) is 10.4 Å². The summed E-state index contributed by atoms with van der Waals surface area (Å²) >= 11 is 7.30. The fourth-order valence-electron chi connectivity index (χ4n) is 7.07. The summed E-state index contributed by atoms with van der Waals surface area (Å²) in [4.78, 5) is 40.8. The smallest absolute Gasteiger partial charge is 0.290 e. The maximum absolute atomic E-state index is 14.2. The van der Waals surface area contributed by atoms with Gasteiger partial charge in [0.1, 0.15) is 35.4 Å². The van der Waals surface area contributed by atoms with Gasteiger partial charge in [0.25, 0.3) is 6.47 Å². The van der Waals surface area contributed by atoms with Crippen LogP contribution < -0.4 is 14.4 Å². The average molecular weight is 1190 g/mol. The van der Waals surface area contributed by atoms with Crippen LogP contribution in [-0.4, -0.2) is 146 Å². The zero-order chi connectivity index (χ0) is 46.8. The van der Waals surface area contributed by atoms with Crippen LogP contribution in [0.1, 0.15) is 37.6 Å². The SMILES string of the molecule is C/C=C(/C=C\C(OCCN1CCN(C)CC1)=C(/C)Cl)c1c(-c2ccc(F)cc2)sc2ncnc(OC(C)Cc3ccccc3OCc3ccnc(-c4cccc(O[O][Sb][CH3])c4)n3)c12.O.O=CO.[Sb]. The summed E-state index contributed by atoms with van der Waals surface area (Å²) in [6.45, 7) is 11.2. The van der Waals surface area contributed by atoms with Gasteiger partial charge in [-0.15, -0.1) is 11.3 Å². The number of ether oxygens (including phenoxy) is 3. The summed E-state index contributed by atoms with van der Waals surface area (Å²) in [5, 5.41) is 8.20. The number of hydrogen-bond donors (Lipinski definition) is 1. The van der Waals surface area contributed by atoms with Crippen LogP contribution in [0.4, 0.5) is 4.39 Å². The third-order valence-corrected chi connectivity index (χ3v) is 12.3. The van der Waals surface area contributed by atoms with Gasteiger partial charge < -0.3 is 25.0 Å². The summed E-state index contributed by atoms with van der Waals surface area (Å²) in [5.41, 5.74) is 5.10. The van der Waals surface area contributed by atoms with Crippen LogP contribution in [0.5, 0.6) is 17.4 Å². The minimum Gasteiger partial charge on any atom is -0.483 e. The van der Waals surface area contributed by atoms with Crippen molar-refractivity contribution in [2.45, 2.75) is 44.8 Å². The van der Waals surface area contributed by atoms with Crippen molar-refractivity contribution in [3.63, 3.8) is 0 Å². The second kappa shape index (κ2) is 28.8. The molecule has 1 atom stereocenters. The van der Waals surface area contributed by atoms with E-state index in [1.54, 1.807) is 18.3 Å². The van der Waals surface area contributed by atoms with Gasteiger partial charge in [0.2, 0.25) is 5.88 Å². The third kappa shape index (κ3) is 16.0. The Bertz CT molecular complexity index is 2630. The molecular weight excluding hydrogens is 1130 g/mol. The van der Waals surface area contributed by atoms with Crippen molar-refractivity contribution in [1.82, 2.24) is 29.7 Å². The molecule has 1 saturated heterocycles. The summed E-state index contributed by atoms with van der Waals surface area (Å²) in [6.07, 6.45) is 9.39. The number of rotatable bonds is 19. The monoisotopic (exact) mass is 1180 g/mol. The number of benzene rings is 3. The Morgan fingerprint density at radius 2 is 1.75 bits per heavy atom. The van der Waals surface area contributed by atoms with Crippen LogP contribution in [0, 0.1) is 5.82 Å². The molecule has 1 unspecified atom stereocenters. The van der Waals surface area contributed by atoms with E-state index < -0.39 is 22.0 Å². The molecule has 0 aliphatic carbocycles. The first-order chi connectivity index (χ1) is 32.1. The number of piperazine rings is 1. The van der Waals surface area contributed by atoms with Crippen molar-refractivity contribution in [2.24, 2.45) is 0 Å². The molecule has 68 heavy (non-hydrogen) atoms. The number of likely N-dealkylation sites (N-methyl/N-ethyl adjacent to an activating group) is 1. The van der Waals surface area contributed by atoms with Crippen molar-refractivity contribution in [2.75, 3.05) is 46.4 Å². The molecule has 1 aliphatic heterocycles. The summed E-state index contributed by atoms with van der Waals surface area (Å²) in [6, 6.07) is 23.8. The topological polar surface area (TPSA) is 173 Å². The number of halogens is 2. The van der Waals surface area contributed by atoms with E-state index in [1.807, 2.05) is 98.5 Å². The molecule has 19 heteroatoms. The predicted octanol–water partition coefficient (Wildman–Crippen LogP) is 8.71. The Kier molecular flexibility index (Phi) is 23.7. The van der Waals surface area contributed by atoms with E-state index in [0.29, 0.717) is 41.3 Å². The zero-order valence-electron chi connectivity index (χ0n) is 38.3. The number of hydrogen-bond acceptors (Lipinski definition) is 13. The normalized spacial score (nSPS) is 13.9. The van der Waals surface area contributed by atoms with Gasteiger partial charge in [-0.25, -0.2) is 14.4 Å². The van der Waals surface area contributed by atoms with Crippen LogP contribution in [0.25, 0.3) is 37.6 Å². The molecule has 358 valence electrons. The van der Waals surface area contributed by atoms with Crippen LogP contribution in [0.2, 0.25) is 4.87 Å². The van der Waals surface area contributed by atoms with Crippen LogP contribution in [-0.2, 0) is 25.7 Å². The number of fused-ring (bicyclic) bond motifs is 1. The van der Waals surface area contributed by atoms with Gasteiger partial charge in [0, 0.05) is 74.0 Å². The van der Waals surface area contributed by atoms with Crippen molar-refractivity contribution < 1.29 is 42.0 Å². The minimum absolute atomic E-state index is 0. The van der Waals surface area contributed by atoms with E-state index in [-0.39, 0.29) is 54.9 Å². The molecule has 0 amide bonds. The fraction of sp³-hybridized carbons (Fsp3) is 0.286. The molecular formula is C49H54ClFN6O8SSb2. The Labute approximate surface area is 433 Å². The van der Waals surface area contributed by atoms with Crippen molar-refractivity contribution in [3.8, 4) is 39.2 Å². The molecule has 0 spiro atoms. The molecule has 3 aromatic carbocycles. The van der Waals surface area contributed by atoms with E-state index in [1.165, 1.54) is 29.8 Å². The predicted molar refractivity (Wildman–Crippen MR) is 267 cm³/mol. The Hall–Kier alpha value is -4.63. The zero-order valence-corrected chi connectivity index (χ0v) is 45.0. The van der Waals surface area contributed by atoms with Gasteiger partial charge in [-0.2, -0.15) is 0 Å². The molecule has 4 heterocycles. The standard InChI is InChI=1S/C47H48ClFN6O5S.CH2O2.CH3.H2O.2Sb/c1-5-33(15-18-40(32(3)48)57-26-25-55-23-21-54(4)22-24-55)42-43-46(51-30-52-47(43)61-44(42)34-13-16-37(49)17-14-34)59-31(2)27-35-9-6-7-12-41(35)58-29-38-19-20-50-45(53-38)36-10-8-11-39(28-36)60-56;2-1-3;;;;/h5-20,28,30-31,56H,21-27,29H2,1-4H3;1H,(H,2,3);1H3;1H2;;/q;;;;;+1/p-1/b18-15-,33-5-,40-32-;;;;;. The number of thiophene rings is 1. The Balaban J connectivity index is 0.00000196. The van der Waals surface area contributed by atoms with Crippen LogP contribution in [0.15, 0.2) is 120 Å². The summed E-state index contributed by atoms with van der Waals surface area (Å²) in [7, 11) is 2.15.